The van der Waals surface area contributed by atoms with Crippen LogP contribution in [-0.4, -0.2) is 10.2 Å². The Morgan fingerprint density at radius 1 is 1.57 bits per heavy atom. The first-order valence-electron chi connectivity index (χ1n) is 5.59. The predicted molar refractivity (Wildman–Crippen MR) is 56.0 cm³/mol. The SMILES string of the molecule is CCCc1c(N)n[nH]c1C1CC12CC2. The van der Waals surface area contributed by atoms with Crippen LogP contribution < -0.4 is 5.73 Å². The first kappa shape index (κ1) is 8.33. The smallest absolute Gasteiger partial charge is 0.148 e. The van der Waals surface area contributed by atoms with Crippen molar-refractivity contribution in [1.29, 1.82) is 0 Å². The van der Waals surface area contributed by atoms with Gasteiger partial charge in [0.15, 0.2) is 0 Å². The minimum Gasteiger partial charge on any atom is -0.382 e. The molecule has 3 nitrogen and oxygen atoms in total. The minimum absolute atomic E-state index is 0.696. The van der Waals surface area contributed by atoms with Gasteiger partial charge in [0.25, 0.3) is 0 Å². The number of hydrogen-bond donors (Lipinski definition) is 2. The summed E-state index contributed by atoms with van der Waals surface area (Å²) in [6, 6.07) is 0. The topological polar surface area (TPSA) is 54.7 Å². The summed E-state index contributed by atoms with van der Waals surface area (Å²) in [5, 5.41) is 7.28. The first-order valence-corrected chi connectivity index (χ1v) is 5.59. The van der Waals surface area contributed by atoms with Gasteiger partial charge >= 0.3 is 0 Å². The van der Waals surface area contributed by atoms with Crippen molar-refractivity contribution >= 4 is 5.82 Å². The van der Waals surface area contributed by atoms with Crippen LogP contribution in [0.2, 0.25) is 0 Å². The van der Waals surface area contributed by atoms with E-state index in [4.69, 9.17) is 5.73 Å². The Balaban J connectivity index is 1.89. The molecule has 1 aromatic heterocycles. The number of H-pyrrole nitrogens is 1. The molecule has 14 heavy (non-hydrogen) atoms. The van der Waals surface area contributed by atoms with Gasteiger partial charge in [-0.1, -0.05) is 13.3 Å². The number of nitrogens with two attached hydrogens (primary N) is 1. The molecule has 1 aromatic rings. The van der Waals surface area contributed by atoms with Crippen LogP contribution in [0.1, 0.15) is 49.8 Å². The van der Waals surface area contributed by atoms with Gasteiger partial charge in [0, 0.05) is 17.2 Å². The normalized spacial score (nSPS) is 26.8. The van der Waals surface area contributed by atoms with Crippen molar-refractivity contribution in [3.05, 3.63) is 11.3 Å². The van der Waals surface area contributed by atoms with Crippen molar-refractivity contribution in [2.45, 2.75) is 44.9 Å². The second-order valence-electron chi connectivity index (χ2n) is 4.87. The van der Waals surface area contributed by atoms with Gasteiger partial charge in [-0.05, 0) is 31.1 Å². The van der Waals surface area contributed by atoms with Gasteiger partial charge in [0.1, 0.15) is 5.82 Å². The summed E-state index contributed by atoms with van der Waals surface area (Å²) >= 11 is 0. The van der Waals surface area contributed by atoms with Crippen molar-refractivity contribution in [1.82, 2.24) is 10.2 Å². The molecule has 0 aromatic carbocycles. The van der Waals surface area contributed by atoms with Crippen LogP contribution in [0, 0.1) is 5.41 Å². The molecule has 2 aliphatic carbocycles. The van der Waals surface area contributed by atoms with Crippen molar-refractivity contribution in [2.75, 3.05) is 5.73 Å². The number of anilines is 1. The van der Waals surface area contributed by atoms with E-state index < -0.39 is 0 Å². The highest BCUT2D eigenvalue weighted by atomic mass is 15.2. The Hall–Kier alpha value is -0.990. The molecule has 1 heterocycles. The van der Waals surface area contributed by atoms with Crippen molar-refractivity contribution in [2.24, 2.45) is 5.41 Å². The first-order chi connectivity index (χ1) is 6.77. The van der Waals surface area contributed by atoms with Gasteiger partial charge in [0.05, 0.1) is 0 Å². The number of aromatic amines is 1. The van der Waals surface area contributed by atoms with Crippen LogP contribution in [0.3, 0.4) is 0 Å². The van der Waals surface area contributed by atoms with Crippen molar-refractivity contribution in [3.8, 4) is 0 Å². The van der Waals surface area contributed by atoms with E-state index in [1.165, 1.54) is 30.5 Å². The van der Waals surface area contributed by atoms with Gasteiger partial charge < -0.3 is 5.73 Å². The van der Waals surface area contributed by atoms with Crippen LogP contribution in [0.15, 0.2) is 0 Å². The fraction of sp³-hybridized carbons (Fsp3) is 0.727. The van der Waals surface area contributed by atoms with Crippen molar-refractivity contribution < 1.29 is 0 Å². The third-order valence-corrected chi connectivity index (χ3v) is 3.86. The molecule has 3 N–H and O–H groups in total. The highest BCUT2D eigenvalue weighted by molar-refractivity contribution is 5.47. The highest BCUT2D eigenvalue weighted by Gasteiger charge is 2.64. The maximum atomic E-state index is 5.86. The summed E-state index contributed by atoms with van der Waals surface area (Å²) in [4.78, 5) is 0. The van der Waals surface area contributed by atoms with Gasteiger partial charge in [0.2, 0.25) is 0 Å². The molecule has 0 bridgehead atoms. The molecule has 1 atom stereocenters. The number of rotatable bonds is 3. The number of aromatic nitrogens is 2. The predicted octanol–water partition coefficient (Wildman–Crippen LogP) is 2.21. The molecular formula is C11H17N3. The molecule has 0 saturated heterocycles. The Labute approximate surface area is 84.1 Å². The molecule has 2 saturated carbocycles. The molecule has 2 fully saturated rings. The average Bonchev–Trinajstić information content (AvgIpc) is 3.06. The van der Waals surface area contributed by atoms with E-state index in [1.54, 1.807) is 0 Å². The Morgan fingerprint density at radius 3 is 2.93 bits per heavy atom. The summed E-state index contributed by atoms with van der Waals surface area (Å²) in [7, 11) is 0. The van der Waals surface area contributed by atoms with Crippen LogP contribution >= 0.6 is 0 Å². The van der Waals surface area contributed by atoms with Crippen LogP contribution in [-0.2, 0) is 6.42 Å². The Morgan fingerprint density at radius 2 is 2.36 bits per heavy atom. The lowest BCUT2D eigenvalue weighted by Gasteiger charge is -2.00. The molecule has 0 aliphatic heterocycles. The van der Waals surface area contributed by atoms with E-state index >= 15 is 0 Å². The van der Waals surface area contributed by atoms with Crippen LogP contribution in [0.5, 0.6) is 0 Å². The summed E-state index contributed by atoms with van der Waals surface area (Å²) in [6.07, 6.45) is 6.43. The number of nitrogens with one attached hydrogen (secondary N) is 1. The summed E-state index contributed by atoms with van der Waals surface area (Å²) in [6.45, 7) is 2.19. The lowest BCUT2D eigenvalue weighted by Crippen LogP contribution is -1.94. The molecular weight excluding hydrogens is 174 g/mol. The van der Waals surface area contributed by atoms with E-state index in [-0.39, 0.29) is 0 Å². The molecule has 3 rings (SSSR count). The number of nitrogens with zero attached hydrogens (tertiary/aromatic N) is 1. The summed E-state index contributed by atoms with van der Waals surface area (Å²) < 4.78 is 0. The minimum atomic E-state index is 0.696. The molecule has 0 amide bonds. The largest absolute Gasteiger partial charge is 0.382 e. The number of nitrogen functional groups attached to an aromatic ring is 1. The zero-order valence-corrected chi connectivity index (χ0v) is 8.64. The molecule has 1 unspecified atom stereocenters. The maximum absolute atomic E-state index is 5.86. The molecule has 1 spiro atoms. The second-order valence-corrected chi connectivity index (χ2v) is 4.87. The monoisotopic (exact) mass is 191 g/mol. The standard InChI is InChI=1S/C11H17N3/c1-2-3-7-9(13-14-10(7)12)8-6-11(8)4-5-11/h8H,2-6H2,1H3,(H3,12,13,14). The third kappa shape index (κ3) is 1.01. The van der Waals surface area contributed by atoms with Gasteiger partial charge in [-0.3, -0.25) is 5.10 Å². The van der Waals surface area contributed by atoms with E-state index in [1.807, 2.05) is 0 Å². The molecule has 76 valence electrons. The second kappa shape index (κ2) is 2.53. The van der Waals surface area contributed by atoms with Gasteiger partial charge in [-0.15, -0.1) is 0 Å². The fourth-order valence-electron chi connectivity index (χ4n) is 2.66. The zero-order valence-electron chi connectivity index (χ0n) is 8.64. The zero-order chi connectivity index (χ0) is 9.76. The van der Waals surface area contributed by atoms with E-state index in [2.05, 4.69) is 17.1 Å². The highest BCUT2D eigenvalue weighted by Crippen LogP contribution is 2.75. The number of hydrogen-bond acceptors (Lipinski definition) is 2. The van der Waals surface area contributed by atoms with E-state index in [9.17, 15) is 0 Å². The maximum Gasteiger partial charge on any atom is 0.148 e. The molecule has 2 aliphatic rings. The Kier molecular flexibility index (Phi) is 1.50. The van der Waals surface area contributed by atoms with E-state index in [0.29, 0.717) is 5.41 Å². The van der Waals surface area contributed by atoms with Crippen LogP contribution in [0.25, 0.3) is 0 Å². The van der Waals surface area contributed by atoms with Crippen LogP contribution in [0.4, 0.5) is 5.82 Å². The van der Waals surface area contributed by atoms with Gasteiger partial charge in [-0.25, -0.2) is 0 Å². The quantitative estimate of drug-likeness (QED) is 0.769. The third-order valence-electron chi connectivity index (χ3n) is 3.86. The lowest BCUT2D eigenvalue weighted by atomic mass is 10.1. The lowest BCUT2D eigenvalue weighted by molar-refractivity contribution is 0.797. The summed E-state index contributed by atoms with van der Waals surface area (Å²) in [5.74, 6) is 1.48. The molecule has 3 heteroatoms. The van der Waals surface area contributed by atoms with E-state index in [0.717, 1.165) is 24.6 Å². The van der Waals surface area contributed by atoms with Gasteiger partial charge in [-0.2, -0.15) is 5.10 Å². The summed E-state index contributed by atoms with van der Waals surface area (Å²) in [5.41, 5.74) is 9.20. The Bertz CT molecular complexity index is 363. The fourth-order valence-corrected chi connectivity index (χ4v) is 2.66. The molecule has 0 radical (unpaired) electrons. The van der Waals surface area contributed by atoms with Crippen molar-refractivity contribution in [3.63, 3.8) is 0 Å². The average molecular weight is 191 g/mol.